The van der Waals surface area contributed by atoms with Gasteiger partial charge in [-0.2, -0.15) is 13.2 Å². The fraction of sp³-hybridized carbons (Fsp3) is 0.261. The van der Waals surface area contributed by atoms with Gasteiger partial charge in [-0.1, -0.05) is 35.1 Å². The number of H-pyrrole nitrogens is 1. The quantitative estimate of drug-likeness (QED) is 0.457. The van der Waals surface area contributed by atoms with Crippen molar-refractivity contribution >= 4 is 28.8 Å². The molecule has 0 fully saturated rings. The molecule has 0 spiro atoms. The molecular formula is C23H22F3N5O4. The number of hydrogen-bond donors (Lipinski definition) is 3. The van der Waals surface area contributed by atoms with Gasteiger partial charge in [0.15, 0.2) is 11.5 Å². The van der Waals surface area contributed by atoms with Gasteiger partial charge < -0.3 is 20.4 Å². The van der Waals surface area contributed by atoms with Crippen LogP contribution in [0.4, 0.5) is 36.1 Å². The number of alkyl halides is 3. The maximum Gasteiger partial charge on any atom is 0.493 e. The number of nitrogens with zero attached hydrogens (tertiary/aromatic N) is 2. The van der Waals surface area contributed by atoms with E-state index >= 15 is 0 Å². The normalized spacial score (nSPS) is 12.5. The van der Waals surface area contributed by atoms with Gasteiger partial charge in [0.25, 0.3) is 5.56 Å². The third kappa shape index (κ3) is 4.92. The first-order valence-corrected chi connectivity index (χ1v) is 10.7. The number of rotatable bonds is 6. The minimum Gasteiger partial charge on any atom is -0.346 e. The van der Waals surface area contributed by atoms with Gasteiger partial charge in [0.2, 0.25) is 0 Å². The molecule has 0 amide bonds. The Hall–Kier alpha value is -4.06. The lowest BCUT2D eigenvalue weighted by atomic mass is 10.0. The van der Waals surface area contributed by atoms with Crippen molar-refractivity contribution in [2.75, 3.05) is 23.3 Å². The second kappa shape index (κ2) is 9.29. The molecule has 12 heteroatoms. The van der Waals surface area contributed by atoms with E-state index in [2.05, 4.69) is 15.5 Å². The Morgan fingerprint density at radius 2 is 1.77 bits per heavy atom. The lowest BCUT2D eigenvalue weighted by Crippen LogP contribution is -2.46. The summed E-state index contributed by atoms with van der Waals surface area (Å²) in [6.07, 6.45) is -5.35. The Bertz CT molecular complexity index is 1380. The highest BCUT2D eigenvalue weighted by atomic mass is 19.4. The van der Waals surface area contributed by atoms with Crippen LogP contribution < -0.4 is 31.6 Å². The van der Waals surface area contributed by atoms with Gasteiger partial charge in [-0.15, -0.1) is 0 Å². The van der Waals surface area contributed by atoms with Crippen LogP contribution in [0.2, 0.25) is 0 Å². The van der Waals surface area contributed by atoms with Gasteiger partial charge in [0, 0.05) is 19.6 Å². The van der Waals surface area contributed by atoms with Crippen LogP contribution in [0.15, 0.2) is 52.1 Å². The lowest BCUT2D eigenvalue weighted by molar-refractivity contribution is -0.200. The topological polar surface area (TPSA) is 108 Å². The van der Waals surface area contributed by atoms with Crippen molar-refractivity contribution in [2.24, 2.45) is 0 Å². The number of halogens is 3. The summed E-state index contributed by atoms with van der Waals surface area (Å²) < 4.78 is 38.9. The first-order valence-electron chi connectivity index (χ1n) is 10.7. The number of hydrogen-bond acceptors (Lipinski definition) is 7. The molecule has 1 aromatic heterocycles. The zero-order valence-electron chi connectivity index (χ0n) is 18.8. The number of aryl methyl sites for hydroxylation is 2. The molecule has 3 N–H and O–H groups in total. The first kappa shape index (κ1) is 24.1. The highest BCUT2D eigenvalue weighted by Gasteiger charge is 2.43. The van der Waals surface area contributed by atoms with Crippen LogP contribution in [0, 0.1) is 13.8 Å². The number of fused-ring (bicyclic) bond motifs is 2. The molecule has 0 bridgehead atoms. The summed E-state index contributed by atoms with van der Waals surface area (Å²) in [5.41, 5.74) is 1.42. The Morgan fingerprint density at radius 3 is 2.46 bits per heavy atom. The van der Waals surface area contributed by atoms with Crippen LogP contribution in [0.3, 0.4) is 0 Å². The molecular weight excluding hydrogens is 467 g/mol. The van der Waals surface area contributed by atoms with Gasteiger partial charge in [-0.3, -0.25) is 9.78 Å². The first-order chi connectivity index (χ1) is 16.6. The standard InChI is InChI=1S/C23H22F3N5O4/c1-13-10-16-17(11-14(13)2)30(9-8-27-12-15-6-4-3-5-7-15)20-18(28-16)19(32)29-22(34)31(20)35-21(33)23(24,25)26/h3-7,10-11,27-28H,8-9,12H2,1-2H3,(H,29,32,34). The van der Waals surface area contributed by atoms with Crippen LogP contribution in [-0.2, 0) is 11.3 Å². The van der Waals surface area contributed by atoms with E-state index in [1.54, 1.807) is 12.1 Å². The molecule has 0 radical (unpaired) electrons. The van der Waals surface area contributed by atoms with Crippen molar-refractivity contribution in [1.82, 2.24) is 15.0 Å². The summed E-state index contributed by atoms with van der Waals surface area (Å²) in [4.78, 5) is 44.4. The molecule has 184 valence electrons. The van der Waals surface area contributed by atoms with E-state index < -0.39 is 23.4 Å². The molecule has 3 aromatic rings. The van der Waals surface area contributed by atoms with Crippen LogP contribution in [0.25, 0.3) is 0 Å². The van der Waals surface area contributed by atoms with E-state index in [4.69, 9.17) is 0 Å². The van der Waals surface area contributed by atoms with E-state index in [0.29, 0.717) is 24.5 Å². The van der Waals surface area contributed by atoms with Crippen molar-refractivity contribution in [2.45, 2.75) is 26.6 Å². The number of carbonyl (C=O) groups is 1. The number of carbonyl (C=O) groups excluding carboxylic acids is 1. The largest absolute Gasteiger partial charge is 0.493 e. The average Bonchev–Trinajstić information content (AvgIpc) is 2.80. The molecule has 0 saturated carbocycles. The van der Waals surface area contributed by atoms with Crippen LogP contribution in [0.1, 0.15) is 16.7 Å². The molecule has 0 aliphatic carbocycles. The lowest BCUT2D eigenvalue weighted by Gasteiger charge is -2.34. The van der Waals surface area contributed by atoms with Gasteiger partial charge in [0.05, 0.1) is 11.4 Å². The van der Waals surface area contributed by atoms with Crippen LogP contribution in [-0.4, -0.2) is 34.9 Å². The Kier molecular flexibility index (Phi) is 6.39. The zero-order chi connectivity index (χ0) is 25.3. The Labute approximate surface area is 197 Å². The number of aromatic nitrogens is 2. The molecule has 35 heavy (non-hydrogen) atoms. The van der Waals surface area contributed by atoms with Gasteiger partial charge >= 0.3 is 17.8 Å². The summed E-state index contributed by atoms with van der Waals surface area (Å²) in [7, 11) is 0. The predicted molar refractivity (Wildman–Crippen MR) is 123 cm³/mol. The van der Waals surface area contributed by atoms with E-state index in [1.165, 1.54) is 4.90 Å². The maximum absolute atomic E-state index is 12.9. The second-order valence-electron chi connectivity index (χ2n) is 8.02. The minimum absolute atomic E-state index is 0.142. The summed E-state index contributed by atoms with van der Waals surface area (Å²) in [6.45, 7) is 4.71. The third-order valence-corrected chi connectivity index (χ3v) is 5.56. The number of nitrogens with one attached hydrogen (secondary N) is 3. The molecule has 2 heterocycles. The van der Waals surface area contributed by atoms with Crippen molar-refractivity contribution in [1.29, 1.82) is 0 Å². The Balaban J connectivity index is 1.75. The summed E-state index contributed by atoms with van der Waals surface area (Å²) in [5, 5.41) is 6.09. The Morgan fingerprint density at radius 1 is 1.09 bits per heavy atom. The minimum atomic E-state index is -5.35. The van der Waals surface area contributed by atoms with Gasteiger partial charge in [-0.05, 0) is 42.7 Å². The van der Waals surface area contributed by atoms with Crippen LogP contribution >= 0.6 is 0 Å². The van der Waals surface area contributed by atoms with E-state index in [1.807, 2.05) is 49.2 Å². The molecule has 1 aliphatic heterocycles. The molecule has 0 saturated heterocycles. The number of benzene rings is 2. The van der Waals surface area contributed by atoms with Crippen molar-refractivity contribution < 1.29 is 22.8 Å². The predicted octanol–water partition coefficient (Wildman–Crippen LogP) is 2.66. The second-order valence-corrected chi connectivity index (χ2v) is 8.02. The van der Waals surface area contributed by atoms with Crippen molar-refractivity contribution in [3.63, 3.8) is 0 Å². The summed E-state index contributed by atoms with van der Waals surface area (Å²) >= 11 is 0. The monoisotopic (exact) mass is 489 g/mol. The third-order valence-electron chi connectivity index (χ3n) is 5.56. The number of aromatic amines is 1. The fourth-order valence-corrected chi connectivity index (χ4v) is 3.71. The highest BCUT2D eigenvalue weighted by molar-refractivity contribution is 5.90. The van der Waals surface area contributed by atoms with E-state index in [-0.39, 0.29) is 22.8 Å². The van der Waals surface area contributed by atoms with Crippen molar-refractivity contribution in [3.8, 4) is 0 Å². The average molecular weight is 489 g/mol. The summed E-state index contributed by atoms with van der Waals surface area (Å²) in [5.74, 6) is -2.91. The molecule has 2 aromatic carbocycles. The molecule has 0 atom stereocenters. The molecule has 9 nitrogen and oxygen atoms in total. The molecule has 4 rings (SSSR count). The van der Waals surface area contributed by atoms with Gasteiger partial charge in [0.1, 0.15) is 0 Å². The summed E-state index contributed by atoms with van der Waals surface area (Å²) in [6, 6.07) is 13.1. The SMILES string of the molecule is Cc1cc2c(cc1C)N(CCNCc1ccccc1)c1c(c(=O)[nH]c(=O)n1OC(=O)C(F)(F)F)N2. The van der Waals surface area contributed by atoms with Gasteiger partial charge in [-0.25, -0.2) is 9.59 Å². The fourth-order valence-electron chi connectivity index (χ4n) is 3.71. The highest BCUT2D eigenvalue weighted by Crippen LogP contribution is 2.42. The zero-order valence-corrected chi connectivity index (χ0v) is 18.8. The van der Waals surface area contributed by atoms with Crippen molar-refractivity contribution in [3.05, 3.63) is 80.0 Å². The van der Waals surface area contributed by atoms with E-state index in [9.17, 15) is 27.6 Å². The molecule has 1 aliphatic rings. The van der Waals surface area contributed by atoms with Crippen LogP contribution in [0.5, 0.6) is 0 Å². The smallest absolute Gasteiger partial charge is 0.346 e. The molecule has 0 unspecified atom stereocenters. The number of anilines is 4. The van der Waals surface area contributed by atoms with E-state index in [0.717, 1.165) is 16.7 Å². The maximum atomic E-state index is 12.9.